The molecule has 0 saturated heterocycles. The molecule has 0 aliphatic rings. The number of oxazole rings is 1. The summed E-state index contributed by atoms with van der Waals surface area (Å²) in [5.74, 6) is 1.12. The maximum absolute atomic E-state index is 10.8. The van der Waals surface area contributed by atoms with Crippen LogP contribution >= 0.6 is 0 Å². The molecule has 2 aromatic rings. The number of nitro benzene ring substituents is 1. The van der Waals surface area contributed by atoms with Crippen LogP contribution in [0.5, 0.6) is 0 Å². The summed E-state index contributed by atoms with van der Waals surface area (Å²) < 4.78 is 5.67. The summed E-state index contributed by atoms with van der Waals surface area (Å²) in [5, 5.41) is 14.0. The van der Waals surface area contributed by atoms with E-state index >= 15 is 0 Å². The first kappa shape index (κ1) is 14.2. The third-order valence-corrected chi connectivity index (χ3v) is 2.94. The minimum absolute atomic E-state index is 0.0161. The van der Waals surface area contributed by atoms with Gasteiger partial charge in [0.15, 0.2) is 5.76 Å². The van der Waals surface area contributed by atoms with Crippen molar-refractivity contribution in [1.29, 1.82) is 0 Å². The monoisotopic (exact) mass is 275 g/mol. The molecule has 1 N–H and O–H groups in total. The van der Waals surface area contributed by atoms with E-state index < -0.39 is 4.92 Å². The predicted molar refractivity (Wildman–Crippen MR) is 75.3 cm³/mol. The SMILES string of the molecule is CCCNC(C)c1ncc(-c2cccc([N+](=O)[O-])c2)o1. The molecule has 2 rings (SSSR count). The smallest absolute Gasteiger partial charge is 0.270 e. The molecule has 0 bridgehead atoms. The Bertz CT molecular complexity index is 595. The molecule has 106 valence electrons. The van der Waals surface area contributed by atoms with Gasteiger partial charge in [0.25, 0.3) is 5.69 Å². The van der Waals surface area contributed by atoms with E-state index in [2.05, 4.69) is 17.2 Å². The van der Waals surface area contributed by atoms with E-state index in [1.807, 2.05) is 6.92 Å². The molecule has 1 aromatic heterocycles. The van der Waals surface area contributed by atoms with Gasteiger partial charge in [-0.05, 0) is 19.9 Å². The van der Waals surface area contributed by atoms with E-state index in [-0.39, 0.29) is 11.7 Å². The fourth-order valence-corrected chi connectivity index (χ4v) is 1.84. The van der Waals surface area contributed by atoms with Crippen LogP contribution in [-0.4, -0.2) is 16.5 Å². The third kappa shape index (κ3) is 3.21. The molecule has 0 aliphatic heterocycles. The van der Waals surface area contributed by atoms with Gasteiger partial charge in [-0.25, -0.2) is 4.98 Å². The van der Waals surface area contributed by atoms with Crippen molar-refractivity contribution in [2.24, 2.45) is 0 Å². The summed E-state index contributed by atoms with van der Waals surface area (Å²) in [6.07, 6.45) is 2.63. The number of nitro groups is 1. The maximum Gasteiger partial charge on any atom is 0.270 e. The summed E-state index contributed by atoms with van der Waals surface area (Å²) in [6, 6.07) is 6.35. The van der Waals surface area contributed by atoms with Crippen LogP contribution in [0.25, 0.3) is 11.3 Å². The first-order chi connectivity index (χ1) is 9.61. The molecular formula is C14H17N3O3. The summed E-state index contributed by atoms with van der Waals surface area (Å²) >= 11 is 0. The highest BCUT2D eigenvalue weighted by Gasteiger charge is 2.14. The first-order valence-electron chi connectivity index (χ1n) is 6.55. The Labute approximate surface area is 117 Å². The summed E-state index contributed by atoms with van der Waals surface area (Å²) in [4.78, 5) is 14.6. The zero-order valence-electron chi connectivity index (χ0n) is 11.5. The molecule has 0 amide bonds. The van der Waals surface area contributed by atoms with E-state index in [0.29, 0.717) is 17.2 Å². The first-order valence-corrected chi connectivity index (χ1v) is 6.55. The van der Waals surface area contributed by atoms with Crippen LogP contribution < -0.4 is 5.32 Å². The van der Waals surface area contributed by atoms with Crippen molar-refractivity contribution >= 4 is 5.69 Å². The number of nitrogens with zero attached hydrogens (tertiary/aromatic N) is 2. The second-order valence-electron chi connectivity index (χ2n) is 4.55. The molecule has 1 unspecified atom stereocenters. The van der Waals surface area contributed by atoms with Crippen LogP contribution in [0.1, 0.15) is 32.2 Å². The lowest BCUT2D eigenvalue weighted by molar-refractivity contribution is -0.384. The number of hydrogen-bond donors (Lipinski definition) is 1. The van der Waals surface area contributed by atoms with E-state index in [0.717, 1.165) is 13.0 Å². The summed E-state index contributed by atoms with van der Waals surface area (Å²) in [5.41, 5.74) is 0.693. The van der Waals surface area contributed by atoms with Crippen LogP contribution in [0.15, 0.2) is 34.9 Å². The average Bonchev–Trinajstić information content (AvgIpc) is 2.94. The molecule has 6 heteroatoms. The van der Waals surface area contributed by atoms with Crippen LogP contribution in [0.2, 0.25) is 0 Å². The largest absolute Gasteiger partial charge is 0.439 e. The topological polar surface area (TPSA) is 81.2 Å². The van der Waals surface area contributed by atoms with E-state index in [9.17, 15) is 10.1 Å². The van der Waals surface area contributed by atoms with Crippen molar-refractivity contribution in [2.45, 2.75) is 26.3 Å². The Balaban J connectivity index is 2.20. The molecule has 1 heterocycles. The minimum atomic E-state index is -0.424. The number of hydrogen-bond acceptors (Lipinski definition) is 5. The highest BCUT2D eigenvalue weighted by molar-refractivity contribution is 5.60. The average molecular weight is 275 g/mol. The Kier molecular flexibility index (Phi) is 4.47. The molecule has 1 aromatic carbocycles. The number of benzene rings is 1. The van der Waals surface area contributed by atoms with Crippen molar-refractivity contribution in [3.8, 4) is 11.3 Å². The molecule has 20 heavy (non-hydrogen) atoms. The zero-order valence-corrected chi connectivity index (χ0v) is 11.5. The quantitative estimate of drug-likeness (QED) is 0.646. The van der Waals surface area contributed by atoms with Gasteiger partial charge in [-0.2, -0.15) is 0 Å². The van der Waals surface area contributed by atoms with Gasteiger partial charge in [0.05, 0.1) is 17.2 Å². The highest BCUT2D eigenvalue weighted by atomic mass is 16.6. The normalized spacial score (nSPS) is 12.3. The number of non-ortho nitro benzene ring substituents is 1. The molecule has 6 nitrogen and oxygen atoms in total. The van der Waals surface area contributed by atoms with Crippen LogP contribution in [0.3, 0.4) is 0 Å². The van der Waals surface area contributed by atoms with Crippen LogP contribution in [0, 0.1) is 10.1 Å². The fraction of sp³-hybridized carbons (Fsp3) is 0.357. The minimum Gasteiger partial charge on any atom is -0.439 e. The lowest BCUT2D eigenvalue weighted by Gasteiger charge is -2.08. The van der Waals surface area contributed by atoms with Gasteiger partial charge >= 0.3 is 0 Å². The molecular weight excluding hydrogens is 258 g/mol. The Morgan fingerprint density at radius 1 is 1.50 bits per heavy atom. The Morgan fingerprint density at radius 2 is 2.30 bits per heavy atom. The fourth-order valence-electron chi connectivity index (χ4n) is 1.84. The van der Waals surface area contributed by atoms with Crippen molar-refractivity contribution < 1.29 is 9.34 Å². The number of nitrogens with one attached hydrogen (secondary N) is 1. The van der Waals surface area contributed by atoms with E-state index in [1.54, 1.807) is 18.3 Å². The summed E-state index contributed by atoms with van der Waals surface area (Å²) in [6.45, 7) is 4.94. The lowest BCUT2D eigenvalue weighted by atomic mass is 10.2. The van der Waals surface area contributed by atoms with Crippen molar-refractivity contribution in [3.05, 3.63) is 46.5 Å². The van der Waals surface area contributed by atoms with Crippen LogP contribution in [0.4, 0.5) is 5.69 Å². The highest BCUT2D eigenvalue weighted by Crippen LogP contribution is 2.26. The summed E-state index contributed by atoms with van der Waals surface area (Å²) in [7, 11) is 0. The predicted octanol–water partition coefficient (Wildman–Crippen LogP) is 3.31. The van der Waals surface area contributed by atoms with Gasteiger partial charge in [-0.1, -0.05) is 19.1 Å². The van der Waals surface area contributed by atoms with E-state index in [1.165, 1.54) is 12.1 Å². The van der Waals surface area contributed by atoms with Gasteiger partial charge in [-0.15, -0.1) is 0 Å². The maximum atomic E-state index is 10.8. The van der Waals surface area contributed by atoms with E-state index in [4.69, 9.17) is 4.42 Å². The van der Waals surface area contributed by atoms with Crippen LogP contribution in [-0.2, 0) is 0 Å². The Morgan fingerprint density at radius 3 is 3.00 bits per heavy atom. The zero-order chi connectivity index (χ0) is 14.5. The molecule has 0 radical (unpaired) electrons. The molecule has 0 saturated carbocycles. The van der Waals surface area contributed by atoms with Gasteiger partial charge in [0.2, 0.25) is 5.89 Å². The second kappa shape index (κ2) is 6.29. The van der Waals surface area contributed by atoms with Crippen molar-refractivity contribution in [3.63, 3.8) is 0 Å². The van der Waals surface area contributed by atoms with Gasteiger partial charge in [0, 0.05) is 17.7 Å². The second-order valence-corrected chi connectivity index (χ2v) is 4.55. The van der Waals surface area contributed by atoms with Gasteiger partial charge < -0.3 is 9.73 Å². The number of rotatable bonds is 6. The lowest BCUT2D eigenvalue weighted by Crippen LogP contribution is -2.19. The Hall–Kier alpha value is -2.21. The molecule has 0 aliphatic carbocycles. The molecule has 0 spiro atoms. The standard InChI is InChI=1S/C14H17N3O3/c1-3-7-15-10(2)14-16-9-13(20-14)11-5-4-6-12(8-11)17(18)19/h4-6,8-10,15H,3,7H2,1-2H3. The van der Waals surface area contributed by atoms with Gasteiger partial charge in [-0.3, -0.25) is 10.1 Å². The third-order valence-electron chi connectivity index (χ3n) is 2.94. The number of aromatic nitrogens is 1. The van der Waals surface area contributed by atoms with Gasteiger partial charge in [0.1, 0.15) is 0 Å². The van der Waals surface area contributed by atoms with Crippen molar-refractivity contribution in [1.82, 2.24) is 10.3 Å². The van der Waals surface area contributed by atoms with Crippen molar-refractivity contribution in [2.75, 3.05) is 6.54 Å². The molecule has 1 atom stereocenters. The molecule has 0 fully saturated rings.